The Hall–Kier alpha value is -1.35. The van der Waals surface area contributed by atoms with E-state index in [1.165, 1.54) is 0 Å². The van der Waals surface area contributed by atoms with E-state index in [-0.39, 0.29) is 18.4 Å². The van der Waals surface area contributed by atoms with E-state index in [2.05, 4.69) is 66.1 Å². The van der Waals surface area contributed by atoms with Gasteiger partial charge in [0.25, 0.3) is 0 Å². The molecule has 7 nitrogen and oxygen atoms in total. The van der Waals surface area contributed by atoms with E-state index in [1.54, 1.807) is 7.11 Å². The van der Waals surface area contributed by atoms with Crippen molar-refractivity contribution in [2.24, 2.45) is 0 Å². The molecular formula is C24H44BrN3O4. The SMILES string of the molecule is CCN(C(C)C)C(C)C.COCCOCOc1ccc(CNC(=O)NC(C)(C)C)cc1Br. The molecule has 1 aromatic carbocycles. The summed E-state index contributed by atoms with van der Waals surface area (Å²) in [5.41, 5.74) is 0.708. The molecule has 0 bridgehead atoms. The number of methoxy groups -OCH3 is 1. The number of urea groups is 1. The molecule has 0 radical (unpaired) electrons. The third-order valence-corrected chi connectivity index (χ3v) is 4.98. The fourth-order valence-electron chi connectivity index (χ4n) is 2.97. The first-order valence-electron chi connectivity index (χ1n) is 11.2. The molecule has 0 heterocycles. The third kappa shape index (κ3) is 14.7. The lowest BCUT2D eigenvalue weighted by atomic mass is 10.1. The van der Waals surface area contributed by atoms with E-state index >= 15 is 0 Å². The van der Waals surface area contributed by atoms with Crippen LogP contribution in [0.15, 0.2) is 22.7 Å². The van der Waals surface area contributed by atoms with Gasteiger partial charge in [-0.15, -0.1) is 0 Å². The van der Waals surface area contributed by atoms with Crippen LogP contribution >= 0.6 is 15.9 Å². The van der Waals surface area contributed by atoms with Gasteiger partial charge in [0.1, 0.15) is 5.75 Å². The van der Waals surface area contributed by atoms with Crippen LogP contribution in [0.1, 0.15) is 61.0 Å². The molecule has 8 heteroatoms. The summed E-state index contributed by atoms with van der Waals surface area (Å²) in [5, 5.41) is 5.67. The monoisotopic (exact) mass is 517 g/mol. The highest BCUT2D eigenvalue weighted by Gasteiger charge is 2.13. The van der Waals surface area contributed by atoms with Crippen molar-refractivity contribution in [2.45, 2.75) is 79.6 Å². The molecule has 0 aliphatic heterocycles. The number of carbonyl (C=O) groups excluding carboxylic acids is 1. The van der Waals surface area contributed by atoms with Crippen molar-refractivity contribution >= 4 is 22.0 Å². The molecular weight excluding hydrogens is 474 g/mol. The normalized spacial score (nSPS) is 11.4. The molecule has 0 unspecified atom stereocenters. The minimum absolute atomic E-state index is 0.160. The average molecular weight is 519 g/mol. The second kappa shape index (κ2) is 16.3. The highest BCUT2D eigenvalue weighted by molar-refractivity contribution is 9.10. The lowest BCUT2D eigenvalue weighted by Crippen LogP contribution is -2.46. The molecule has 0 saturated heterocycles. The number of amides is 2. The van der Waals surface area contributed by atoms with Crippen molar-refractivity contribution in [1.82, 2.24) is 15.5 Å². The van der Waals surface area contributed by atoms with Gasteiger partial charge in [0, 0.05) is 31.3 Å². The summed E-state index contributed by atoms with van der Waals surface area (Å²) in [5.74, 6) is 0.685. The van der Waals surface area contributed by atoms with Gasteiger partial charge in [-0.3, -0.25) is 4.90 Å². The van der Waals surface area contributed by atoms with E-state index < -0.39 is 0 Å². The average Bonchev–Trinajstić information content (AvgIpc) is 2.66. The number of rotatable bonds is 11. The smallest absolute Gasteiger partial charge is 0.315 e. The molecule has 0 spiro atoms. The lowest BCUT2D eigenvalue weighted by molar-refractivity contribution is -0.00880. The van der Waals surface area contributed by atoms with Gasteiger partial charge in [-0.2, -0.15) is 0 Å². The maximum absolute atomic E-state index is 11.7. The van der Waals surface area contributed by atoms with E-state index in [9.17, 15) is 4.79 Å². The van der Waals surface area contributed by atoms with E-state index in [4.69, 9.17) is 14.2 Å². The van der Waals surface area contributed by atoms with Crippen LogP contribution in [0.2, 0.25) is 0 Å². The van der Waals surface area contributed by atoms with E-state index in [0.717, 1.165) is 16.6 Å². The topological polar surface area (TPSA) is 72.1 Å². The van der Waals surface area contributed by atoms with Crippen molar-refractivity contribution in [2.75, 3.05) is 33.7 Å². The number of carbonyl (C=O) groups is 1. The Morgan fingerprint density at radius 2 is 1.75 bits per heavy atom. The van der Waals surface area contributed by atoms with Crippen LogP contribution in [0, 0.1) is 0 Å². The molecule has 2 N–H and O–H groups in total. The Balaban J connectivity index is 0.000000900. The summed E-state index contributed by atoms with van der Waals surface area (Å²) in [6.07, 6.45) is 0. The van der Waals surface area contributed by atoms with Gasteiger partial charge in [-0.1, -0.05) is 13.0 Å². The maximum Gasteiger partial charge on any atom is 0.315 e. The number of nitrogens with zero attached hydrogens (tertiary/aromatic N) is 1. The van der Waals surface area contributed by atoms with Crippen LogP contribution in [0.25, 0.3) is 0 Å². The summed E-state index contributed by atoms with van der Waals surface area (Å²) in [6.45, 7) is 19.7. The highest BCUT2D eigenvalue weighted by atomic mass is 79.9. The predicted molar refractivity (Wildman–Crippen MR) is 135 cm³/mol. The molecule has 0 aliphatic rings. The van der Waals surface area contributed by atoms with Crippen LogP contribution in [0.5, 0.6) is 5.75 Å². The first-order chi connectivity index (χ1) is 14.9. The second-order valence-electron chi connectivity index (χ2n) is 9.00. The fraction of sp³-hybridized carbons (Fsp3) is 0.708. The zero-order valence-corrected chi connectivity index (χ0v) is 23.0. The summed E-state index contributed by atoms with van der Waals surface area (Å²) in [7, 11) is 1.62. The number of nitrogens with one attached hydrogen (secondary N) is 2. The molecule has 186 valence electrons. The molecule has 0 aliphatic carbocycles. The van der Waals surface area contributed by atoms with Crippen LogP contribution in [-0.2, 0) is 16.0 Å². The van der Waals surface area contributed by atoms with Crippen molar-refractivity contribution in [3.05, 3.63) is 28.2 Å². The first kappa shape index (κ1) is 30.6. The highest BCUT2D eigenvalue weighted by Crippen LogP contribution is 2.26. The number of hydrogen-bond acceptors (Lipinski definition) is 5. The zero-order chi connectivity index (χ0) is 24.7. The van der Waals surface area contributed by atoms with Gasteiger partial charge in [-0.05, 0) is 88.6 Å². The third-order valence-electron chi connectivity index (χ3n) is 4.36. The minimum atomic E-state index is -0.259. The molecule has 0 fully saturated rings. The predicted octanol–water partition coefficient (Wildman–Crippen LogP) is 5.17. The molecule has 0 saturated carbocycles. The minimum Gasteiger partial charge on any atom is -0.466 e. The lowest BCUT2D eigenvalue weighted by Gasteiger charge is -2.28. The number of benzene rings is 1. The Kier molecular flexibility index (Phi) is 15.6. The second-order valence-corrected chi connectivity index (χ2v) is 9.86. The Morgan fingerprint density at radius 1 is 1.12 bits per heavy atom. The van der Waals surface area contributed by atoms with Gasteiger partial charge in [0.15, 0.2) is 6.79 Å². The molecule has 0 aromatic heterocycles. The number of ether oxygens (including phenoxy) is 3. The zero-order valence-electron chi connectivity index (χ0n) is 21.4. The van der Waals surface area contributed by atoms with Gasteiger partial charge in [0.2, 0.25) is 0 Å². The summed E-state index contributed by atoms with van der Waals surface area (Å²) in [6, 6.07) is 6.82. The van der Waals surface area contributed by atoms with E-state index in [0.29, 0.717) is 37.6 Å². The Morgan fingerprint density at radius 3 is 2.19 bits per heavy atom. The van der Waals surface area contributed by atoms with Crippen molar-refractivity contribution < 1.29 is 19.0 Å². The molecule has 0 atom stereocenters. The van der Waals surface area contributed by atoms with Crippen LogP contribution in [0.4, 0.5) is 4.79 Å². The van der Waals surface area contributed by atoms with Crippen LogP contribution < -0.4 is 15.4 Å². The maximum atomic E-state index is 11.7. The van der Waals surface area contributed by atoms with Crippen LogP contribution in [-0.4, -0.2) is 62.2 Å². The van der Waals surface area contributed by atoms with Crippen molar-refractivity contribution in [3.63, 3.8) is 0 Å². The molecule has 1 aromatic rings. The largest absolute Gasteiger partial charge is 0.466 e. The Labute approximate surface area is 203 Å². The standard InChI is InChI=1S/C16H25BrN2O4.C8H19N/c1-16(2,3)19-15(20)18-10-12-5-6-14(13(17)9-12)23-11-22-8-7-21-4;1-6-9(7(2)3)8(4)5/h5-6,9H,7-8,10-11H2,1-4H3,(H2,18,19,20);7-8H,6H2,1-5H3. The van der Waals surface area contributed by atoms with Gasteiger partial charge in [-0.25, -0.2) is 4.79 Å². The first-order valence-corrected chi connectivity index (χ1v) is 12.0. The molecule has 2 amide bonds. The quantitative estimate of drug-likeness (QED) is 0.312. The molecule has 32 heavy (non-hydrogen) atoms. The Bertz CT molecular complexity index is 641. The van der Waals surface area contributed by atoms with Crippen molar-refractivity contribution in [1.29, 1.82) is 0 Å². The summed E-state index contributed by atoms with van der Waals surface area (Å²) in [4.78, 5) is 14.2. The molecule has 1 rings (SSSR count). The summed E-state index contributed by atoms with van der Waals surface area (Å²) >= 11 is 3.45. The van der Waals surface area contributed by atoms with Crippen molar-refractivity contribution in [3.8, 4) is 5.75 Å². The number of hydrogen-bond donors (Lipinski definition) is 2. The summed E-state index contributed by atoms with van der Waals surface area (Å²) < 4.78 is 16.4. The van der Waals surface area contributed by atoms with Gasteiger partial charge < -0.3 is 24.8 Å². The van der Waals surface area contributed by atoms with Gasteiger partial charge >= 0.3 is 6.03 Å². The van der Waals surface area contributed by atoms with E-state index in [1.807, 2.05) is 39.0 Å². The van der Waals surface area contributed by atoms with Crippen LogP contribution in [0.3, 0.4) is 0 Å². The number of halogens is 1. The fourth-order valence-corrected chi connectivity index (χ4v) is 3.51. The van der Waals surface area contributed by atoms with Gasteiger partial charge in [0.05, 0.1) is 17.7 Å².